The number of amides is 1. The zero-order valence-corrected chi connectivity index (χ0v) is 18.0. The molecule has 1 unspecified atom stereocenters. The van der Waals surface area contributed by atoms with Gasteiger partial charge in [0.25, 0.3) is 5.91 Å². The molecular weight excluding hydrogens is 386 g/mol. The number of sulfonamides is 1. The van der Waals surface area contributed by atoms with Gasteiger partial charge in [-0.3, -0.25) is 4.79 Å². The summed E-state index contributed by atoms with van der Waals surface area (Å²) in [6, 6.07) is 6.17. The third-order valence-electron chi connectivity index (χ3n) is 5.47. The number of rotatable bonds is 7. The second kappa shape index (κ2) is 9.87. The molecule has 0 aromatic heterocycles. The minimum absolute atomic E-state index is 0. The van der Waals surface area contributed by atoms with Crippen LogP contribution in [0.15, 0.2) is 29.2 Å². The van der Waals surface area contributed by atoms with Gasteiger partial charge in [0.15, 0.2) is 0 Å². The SMILES string of the molecule is CCC(N)(CC)CNC(=O)c1ccc(S(=O)(=O)N2CCCCC2C)cc1.Cl. The summed E-state index contributed by atoms with van der Waals surface area (Å²) >= 11 is 0. The van der Waals surface area contributed by atoms with Crippen LogP contribution >= 0.6 is 12.4 Å². The molecule has 0 saturated carbocycles. The fraction of sp³-hybridized carbons (Fsp3) is 0.632. The van der Waals surface area contributed by atoms with Crippen LogP contribution in [0.1, 0.15) is 63.2 Å². The van der Waals surface area contributed by atoms with E-state index in [9.17, 15) is 13.2 Å². The second-order valence-electron chi connectivity index (χ2n) is 7.24. The van der Waals surface area contributed by atoms with Crippen LogP contribution in [0.4, 0.5) is 0 Å². The molecule has 1 aliphatic heterocycles. The van der Waals surface area contributed by atoms with E-state index < -0.39 is 15.6 Å². The zero-order chi connectivity index (χ0) is 19.4. The Morgan fingerprint density at radius 2 is 1.81 bits per heavy atom. The van der Waals surface area contributed by atoms with Gasteiger partial charge in [-0.25, -0.2) is 8.42 Å². The molecule has 0 radical (unpaired) electrons. The lowest BCUT2D eigenvalue weighted by atomic mass is 9.94. The predicted molar refractivity (Wildman–Crippen MR) is 111 cm³/mol. The number of hydrogen-bond acceptors (Lipinski definition) is 4. The fourth-order valence-corrected chi connectivity index (χ4v) is 4.90. The molecule has 2 rings (SSSR count). The van der Waals surface area contributed by atoms with Gasteiger partial charge in [0.1, 0.15) is 0 Å². The van der Waals surface area contributed by atoms with Gasteiger partial charge >= 0.3 is 0 Å². The average Bonchev–Trinajstić information content (AvgIpc) is 2.66. The maximum Gasteiger partial charge on any atom is 0.251 e. The first-order valence-electron chi connectivity index (χ1n) is 9.42. The molecule has 8 heteroatoms. The molecule has 154 valence electrons. The molecule has 0 spiro atoms. The molecule has 1 atom stereocenters. The number of carbonyl (C=O) groups is 1. The Kier molecular flexibility index (Phi) is 8.73. The quantitative estimate of drug-likeness (QED) is 0.713. The molecule has 1 saturated heterocycles. The molecule has 27 heavy (non-hydrogen) atoms. The Hall–Kier alpha value is -1.15. The molecule has 0 bridgehead atoms. The first-order chi connectivity index (χ1) is 12.2. The minimum atomic E-state index is -3.52. The Morgan fingerprint density at radius 1 is 1.22 bits per heavy atom. The van der Waals surface area contributed by atoms with Gasteiger partial charge in [-0.1, -0.05) is 20.3 Å². The van der Waals surface area contributed by atoms with Crippen molar-refractivity contribution in [1.82, 2.24) is 9.62 Å². The number of nitrogens with one attached hydrogen (secondary N) is 1. The van der Waals surface area contributed by atoms with E-state index in [2.05, 4.69) is 5.32 Å². The van der Waals surface area contributed by atoms with Gasteiger partial charge in [0.2, 0.25) is 10.0 Å². The predicted octanol–water partition coefficient (Wildman–Crippen LogP) is 2.92. The topological polar surface area (TPSA) is 92.5 Å². The highest BCUT2D eigenvalue weighted by molar-refractivity contribution is 7.89. The van der Waals surface area contributed by atoms with E-state index in [1.807, 2.05) is 20.8 Å². The highest BCUT2D eigenvalue weighted by atomic mass is 35.5. The summed E-state index contributed by atoms with van der Waals surface area (Å²) in [6.45, 7) is 6.88. The van der Waals surface area contributed by atoms with Crippen LogP contribution < -0.4 is 11.1 Å². The largest absolute Gasteiger partial charge is 0.350 e. The second-order valence-corrected chi connectivity index (χ2v) is 9.13. The van der Waals surface area contributed by atoms with Gasteiger partial charge in [0, 0.05) is 30.2 Å². The van der Waals surface area contributed by atoms with Gasteiger partial charge in [-0.2, -0.15) is 4.31 Å². The standard InChI is InChI=1S/C19H31N3O3S.ClH/c1-4-19(20,5-2)14-21-18(23)16-9-11-17(12-10-16)26(24,25)22-13-7-6-8-15(22)3;/h9-12,15H,4-8,13-14,20H2,1-3H3,(H,21,23);1H. The summed E-state index contributed by atoms with van der Waals surface area (Å²) in [4.78, 5) is 12.5. The Labute approximate surface area is 169 Å². The number of halogens is 1. The van der Waals surface area contributed by atoms with E-state index in [0.29, 0.717) is 18.7 Å². The molecule has 1 fully saturated rings. The molecule has 3 N–H and O–H groups in total. The van der Waals surface area contributed by atoms with Crippen molar-refractivity contribution >= 4 is 28.3 Å². The summed E-state index contributed by atoms with van der Waals surface area (Å²) in [6.07, 6.45) is 4.38. The molecule has 1 aromatic carbocycles. The molecule has 1 aromatic rings. The van der Waals surface area contributed by atoms with Crippen molar-refractivity contribution in [2.45, 2.75) is 69.4 Å². The third kappa shape index (κ3) is 5.67. The minimum Gasteiger partial charge on any atom is -0.350 e. The number of nitrogens with two attached hydrogens (primary N) is 1. The zero-order valence-electron chi connectivity index (χ0n) is 16.4. The molecule has 6 nitrogen and oxygen atoms in total. The smallest absolute Gasteiger partial charge is 0.251 e. The van der Waals surface area contributed by atoms with Crippen LogP contribution in [-0.4, -0.2) is 43.3 Å². The Balaban J connectivity index is 0.00000364. The van der Waals surface area contributed by atoms with E-state index in [1.165, 1.54) is 12.1 Å². The van der Waals surface area contributed by atoms with Gasteiger partial charge in [-0.15, -0.1) is 12.4 Å². The molecular formula is C19H32ClN3O3S. The molecule has 1 heterocycles. The lowest BCUT2D eigenvalue weighted by molar-refractivity contribution is 0.0942. The van der Waals surface area contributed by atoms with Crippen molar-refractivity contribution in [3.63, 3.8) is 0 Å². The van der Waals surface area contributed by atoms with Crippen molar-refractivity contribution in [2.75, 3.05) is 13.1 Å². The van der Waals surface area contributed by atoms with Crippen molar-refractivity contribution in [1.29, 1.82) is 0 Å². The average molecular weight is 418 g/mol. The summed E-state index contributed by atoms with van der Waals surface area (Å²) in [5.74, 6) is -0.239. The van der Waals surface area contributed by atoms with Crippen molar-refractivity contribution in [3.05, 3.63) is 29.8 Å². The monoisotopic (exact) mass is 417 g/mol. The summed E-state index contributed by atoms with van der Waals surface area (Å²) in [7, 11) is -3.52. The summed E-state index contributed by atoms with van der Waals surface area (Å²) in [5, 5.41) is 2.85. The van der Waals surface area contributed by atoms with Crippen LogP contribution in [0.25, 0.3) is 0 Å². The lowest BCUT2D eigenvalue weighted by Crippen LogP contribution is -2.49. The third-order valence-corrected chi connectivity index (χ3v) is 7.50. The Morgan fingerprint density at radius 3 is 2.33 bits per heavy atom. The van der Waals surface area contributed by atoms with Crippen LogP contribution in [0.5, 0.6) is 0 Å². The van der Waals surface area contributed by atoms with Gasteiger partial charge < -0.3 is 11.1 Å². The van der Waals surface area contributed by atoms with Gasteiger partial charge in [0.05, 0.1) is 4.90 Å². The van der Waals surface area contributed by atoms with Crippen molar-refractivity contribution < 1.29 is 13.2 Å². The highest BCUT2D eigenvalue weighted by Crippen LogP contribution is 2.25. The summed E-state index contributed by atoms with van der Waals surface area (Å²) < 4.78 is 27.2. The molecule has 0 aliphatic carbocycles. The van der Waals surface area contributed by atoms with Crippen LogP contribution in [0.3, 0.4) is 0 Å². The molecule has 1 aliphatic rings. The van der Waals surface area contributed by atoms with E-state index >= 15 is 0 Å². The fourth-order valence-electron chi connectivity index (χ4n) is 3.20. The van der Waals surface area contributed by atoms with E-state index in [-0.39, 0.29) is 29.3 Å². The number of carbonyl (C=O) groups excluding carboxylic acids is 1. The number of benzene rings is 1. The number of nitrogens with zero attached hydrogens (tertiary/aromatic N) is 1. The van der Waals surface area contributed by atoms with E-state index in [1.54, 1.807) is 16.4 Å². The van der Waals surface area contributed by atoms with Crippen LogP contribution in [-0.2, 0) is 10.0 Å². The van der Waals surface area contributed by atoms with Crippen molar-refractivity contribution in [2.24, 2.45) is 5.73 Å². The number of piperidine rings is 1. The van der Waals surface area contributed by atoms with E-state index in [4.69, 9.17) is 5.73 Å². The van der Waals surface area contributed by atoms with Crippen LogP contribution in [0.2, 0.25) is 0 Å². The summed E-state index contributed by atoms with van der Waals surface area (Å²) in [5.41, 5.74) is 6.22. The Bertz CT molecular complexity index is 718. The first-order valence-corrected chi connectivity index (χ1v) is 10.9. The number of hydrogen-bond donors (Lipinski definition) is 2. The maximum atomic E-state index is 12.8. The van der Waals surface area contributed by atoms with Crippen LogP contribution in [0, 0.1) is 0 Å². The van der Waals surface area contributed by atoms with E-state index in [0.717, 1.165) is 32.1 Å². The first kappa shape index (κ1) is 23.9. The maximum absolute atomic E-state index is 12.8. The van der Waals surface area contributed by atoms with Crippen molar-refractivity contribution in [3.8, 4) is 0 Å². The van der Waals surface area contributed by atoms with Gasteiger partial charge in [-0.05, 0) is 56.9 Å². The lowest BCUT2D eigenvalue weighted by Gasteiger charge is -2.32. The highest BCUT2D eigenvalue weighted by Gasteiger charge is 2.31. The normalized spacial score (nSPS) is 18.6. The molecule has 1 amide bonds.